The molecule has 0 bridgehead atoms. The van der Waals surface area contributed by atoms with Gasteiger partial charge in [-0.3, -0.25) is 0 Å². The third-order valence-electron chi connectivity index (χ3n) is 13.9. The summed E-state index contributed by atoms with van der Waals surface area (Å²) in [4.78, 5) is 0. The number of aromatic nitrogens is 1. The fraction of sp³-hybridized carbons (Fsp3) is 0. The highest BCUT2D eigenvalue weighted by Gasteiger charge is 2.21. The molecule has 0 aliphatic carbocycles. The van der Waals surface area contributed by atoms with E-state index in [1.54, 1.807) is 0 Å². The highest BCUT2D eigenvalue weighted by Crippen LogP contribution is 2.48. The zero-order chi connectivity index (χ0) is 43.3. The van der Waals surface area contributed by atoms with Gasteiger partial charge in [-0.25, -0.2) is 0 Å². The van der Waals surface area contributed by atoms with E-state index in [1.807, 2.05) is 11.3 Å². The molecule has 2 heterocycles. The van der Waals surface area contributed by atoms with E-state index in [-0.39, 0.29) is 0 Å². The number of nitrogens with zero attached hydrogens (tertiary/aromatic N) is 1. The maximum absolute atomic E-state index is 2.45. The molecular formula is C64H39NS. The summed E-state index contributed by atoms with van der Waals surface area (Å²) in [6.07, 6.45) is 0. The molecule has 0 amide bonds. The van der Waals surface area contributed by atoms with Gasteiger partial charge in [-0.05, 0) is 136 Å². The number of para-hydroxylation sites is 2. The number of rotatable bonds is 5. The molecule has 66 heavy (non-hydrogen) atoms. The predicted molar refractivity (Wildman–Crippen MR) is 285 cm³/mol. The van der Waals surface area contributed by atoms with Crippen LogP contribution in [-0.4, -0.2) is 4.57 Å². The Hall–Kier alpha value is -8.30. The van der Waals surface area contributed by atoms with E-state index in [2.05, 4.69) is 241 Å². The zero-order valence-corrected chi connectivity index (χ0v) is 36.7. The lowest BCUT2D eigenvalue weighted by atomic mass is 9.85. The Labute approximate surface area is 385 Å². The van der Waals surface area contributed by atoms with E-state index in [1.165, 1.54) is 135 Å². The molecule has 0 spiro atoms. The molecule has 0 saturated heterocycles. The van der Waals surface area contributed by atoms with Crippen molar-refractivity contribution in [1.82, 2.24) is 4.57 Å². The molecule has 14 aromatic rings. The third kappa shape index (κ3) is 5.52. The van der Waals surface area contributed by atoms with Gasteiger partial charge in [0.15, 0.2) is 0 Å². The first-order chi connectivity index (χ1) is 32.8. The van der Waals surface area contributed by atoms with Crippen molar-refractivity contribution >= 4 is 96.4 Å². The predicted octanol–water partition coefficient (Wildman–Crippen LogP) is 18.4. The second kappa shape index (κ2) is 14.6. The Balaban J connectivity index is 0.944. The Morgan fingerprint density at radius 3 is 1.17 bits per heavy atom. The summed E-state index contributed by atoms with van der Waals surface area (Å²) in [5.74, 6) is 0. The standard InChI is InChI=1S/C64H39NS/c1-3-17-40(18-4-1)61-47-22-7-9-24-49(47)64(50-25-10-8-23-48(50)61)43-31-34-46-56-38-42(33-36-59(56)66-60(46)39-43)63-53-28-13-11-26-51(53)62(52-27-12-14-29-54(52)63)41-32-35-58-55(37-41)45-21-15-16-30-57(45)65(58)44-19-5-2-6-20-44/h1-39H. The lowest BCUT2D eigenvalue weighted by Gasteiger charge is -2.18. The Morgan fingerprint density at radius 2 is 0.621 bits per heavy atom. The van der Waals surface area contributed by atoms with E-state index >= 15 is 0 Å². The van der Waals surface area contributed by atoms with Crippen LogP contribution in [0.25, 0.3) is 135 Å². The molecular weight excluding hydrogens is 815 g/mol. The van der Waals surface area contributed by atoms with E-state index in [4.69, 9.17) is 0 Å². The first-order valence-electron chi connectivity index (χ1n) is 22.8. The van der Waals surface area contributed by atoms with Gasteiger partial charge in [-0.15, -0.1) is 11.3 Å². The number of benzene rings is 12. The topological polar surface area (TPSA) is 4.93 Å². The molecule has 0 aliphatic rings. The molecule has 0 N–H and O–H groups in total. The first-order valence-corrected chi connectivity index (χ1v) is 23.6. The molecule has 2 heteroatoms. The van der Waals surface area contributed by atoms with Crippen LogP contribution in [-0.2, 0) is 0 Å². The molecule has 0 aliphatic heterocycles. The molecule has 306 valence electrons. The molecule has 0 saturated carbocycles. The highest BCUT2D eigenvalue weighted by atomic mass is 32.1. The second-order valence-corrected chi connectivity index (χ2v) is 18.6. The molecule has 0 atom stereocenters. The average Bonchev–Trinajstić information content (AvgIpc) is 3.92. The van der Waals surface area contributed by atoms with Gasteiger partial charge < -0.3 is 4.57 Å². The van der Waals surface area contributed by atoms with Crippen LogP contribution < -0.4 is 0 Å². The van der Waals surface area contributed by atoms with E-state index < -0.39 is 0 Å². The van der Waals surface area contributed by atoms with E-state index in [9.17, 15) is 0 Å². The van der Waals surface area contributed by atoms with Crippen molar-refractivity contribution in [2.75, 3.05) is 0 Å². The van der Waals surface area contributed by atoms with Crippen molar-refractivity contribution in [2.45, 2.75) is 0 Å². The van der Waals surface area contributed by atoms with Gasteiger partial charge in [-0.2, -0.15) is 0 Å². The van der Waals surface area contributed by atoms with Gasteiger partial charge >= 0.3 is 0 Å². The summed E-state index contributed by atoms with van der Waals surface area (Å²) < 4.78 is 4.99. The lowest BCUT2D eigenvalue weighted by Crippen LogP contribution is -1.93. The van der Waals surface area contributed by atoms with Crippen molar-refractivity contribution in [3.05, 3.63) is 237 Å². The number of hydrogen-bond acceptors (Lipinski definition) is 1. The van der Waals surface area contributed by atoms with Crippen molar-refractivity contribution in [1.29, 1.82) is 0 Å². The van der Waals surface area contributed by atoms with Crippen molar-refractivity contribution in [3.8, 4) is 50.2 Å². The average molecular weight is 854 g/mol. The second-order valence-electron chi connectivity index (χ2n) is 17.5. The summed E-state index contributed by atoms with van der Waals surface area (Å²) in [5.41, 5.74) is 13.7. The molecule has 12 aromatic carbocycles. The summed E-state index contributed by atoms with van der Waals surface area (Å²) in [7, 11) is 0. The molecule has 0 radical (unpaired) electrons. The van der Waals surface area contributed by atoms with E-state index in [0.29, 0.717) is 0 Å². The molecule has 14 rings (SSSR count). The molecule has 2 aromatic heterocycles. The molecule has 0 fully saturated rings. The van der Waals surface area contributed by atoms with Gasteiger partial charge in [0, 0.05) is 36.6 Å². The minimum absolute atomic E-state index is 1.17. The van der Waals surface area contributed by atoms with Crippen LogP contribution in [0.4, 0.5) is 0 Å². The van der Waals surface area contributed by atoms with Crippen LogP contribution in [0.5, 0.6) is 0 Å². The molecule has 0 unspecified atom stereocenters. The Bertz CT molecular complexity index is 4160. The van der Waals surface area contributed by atoms with Crippen molar-refractivity contribution < 1.29 is 0 Å². The van der Waals surface area contributed by atoms with Crippen LogP contribution in [0.3, 0.4) is 0 Å². The SMILES string of the molecule is c1ccc(-c2c3ccccc3c(-c3ccc4c(c3)sc3ccc(-c5c6ccccc6c(-c6ccc7c(c6)c6ccccc6n7-c6ccccc6)c6ccccc56)cc34)c3ccccc23)cc1. The maximum atomic E-state index is 2.45. The van der Waals surface area contributed by atoms with Gasteiger partial charge in [-0.1, -0.05) is 188 Å². The molecule has 1 nitrogen and oxygen atoms in total. The Kier molecular flexibility index (Phi) is 8.22. The highest BCUT2D eigenvalue weighted by molar-refractivity contribution is 7.25. The van der Waals surface area contributed by atoms with Crippen LogP contribution >= 0.6 is 11.3 Å². The van der Waals surface area contributed by atoms with Crippen molar-refractivity contribution in [2.24, 2.45) is 0 Å². The minimum atomic E-state index is 1.17. The largest absolute Gasteiger partial charge is 0.309 e. The fourth-order valence-electron chi connectivity index (χ4n) is 11.2. The van der Waals surface area contributed by atoms with Gasteiger partial charge in [0.1, 0.15) is 0 Å². The maximum Gasteiger partial charge on any atom is 0.0541 e. The number of hydrogen-bond donors (Lipinski definition) is 0. The van der Waals surface area contributed by atoms with Crippen LogP contribution in [0, 0.1) is 0 Å². The number of thiophene rings is 1. The van der Waals surface area contributed by atoms with Gasteiger partial charge in [0.05, 0.1) is 11.0 Å². The Morgan fingerprint density at radius 1 is 0.227 bits per heavy atom. The minimum Gasteiger partial charge on any atom is -0.309 e. The van der Waals surface area contributed by atoms with Crippen LogP contribution in [0.1, 0.15) is 0 Å². The van der Waals surface area contributed by atoms with Gasteiger partial charge in [0.2, 0.25) is 0 Å². The summed E-state index contributed by atoms with van der Waals surface area (Å²) >= 11 is 1.89. The van der Waals surface area contributed by atoms with Crippen LogP contribution in [0.2, 0.25) is 0 Å². The zero-order valence-electron chi connectivity index (χ0n) is 35.9. The van der Waals surface area contributed by atoms with Crippen LogP contribution in [0.15, 0.2) is 237 Å². The van der Waals surface area contributed by atoms with E-state index in [0.717, 1.165) is 0 Å². The quantitative estimate of drug-likeness (QED) is 0.152. The summed E-state index contributed by atoms with van der Waals surface area (Å²) in [6, 6.07) is 87.7. The monoisotopic (exact) mass is 853 g/mol. The smallest absolute Gasteiger partial charge is 0.0541 e. The summed E-state index contributed by atoms with van der Waals surface area (Å²) in [5, 5.41) is 15.3. The summed E-state index contributed by atoms with van der Waals surface area (Å²) in [6.45, 7) is 0. The number of fused-ring (bicyclic) bond motifs is 10. The normalized spacial score (nSPS) is 11.9. The van der Waals surface area contributed by atoms with Gasteiger partial charge in [0.25, 0.3) is 0 Å². The van der Waals surface area contributed by atoms with Crippen molar-refractivity contribution in [3.63, 3.8) is 0 Å². The third-order valence-corrected chi connectivity index (χ3v) is 15.1. The lowest BCUT2D eigenvalue weighted by molar-refractivity contribution is 1.18. The first kappa shape index (κ1) is 37.1. The fourth-order valence-corrected chi connectivity index (χ4v) is 12.3.